The second-order valence-electron chi connectivity index (χ2n) is 5.89. The van der Waals surface area contributed by atoms with E-state index in [1.165, 1.54) is 11.8 Å². The topological polar surface area (TPSA) is 83.4 Å². The van der Waals surface area contributed by atoms with E-state index >= 15 is 0 Å². The number of halogens is 1. The molecule has 7 nitrogen and oxygen atoms in total. The number of rotatable bonds is 7. The fourth-order valence-electron chi connectivity index (χ4n) is 2.62. The van der Waals surface area contributed by atoms with Crippen LogP contribution in [0.15, 0.2) is 62.8 Å². The quantitative estimate of drug-likeness (QED) is 0.363. The summed E-state index contributed by atoms with van der Waals surface area (Å²) in [6.07, 6.45) is 1.61. The van der Waals surface area contributed by atoms with Crippen molar-refractivity contribution in [1.29, 1.82) is 0 Å². The zero-order valence-electron chi connectivity index (χ0n) is 15.6. The molecule has 0 amide bonds. The Labute approximate surface area is 176 Å². The highest BCUT2D eigenvalue weighted by Gasteiger charge is 2.14. The van der Waals surface area contributed by atoms with Gasteiger partial charge >= 0.3 is 0 Å². The maximum atomic E-state index is 6.02. The largest absolute Gasteiger partial charge is 0.493 e. The Kier molecular flexibility index (Phi) is 5.73. The van der Waals surface area contributed by atoms with Crippen LogP contribution in [0, 0.1) is 0 Å². The van der Waals surface area contributed by atoms with E-state index in [0.717, 1.165) is 16.8 Å². The van der Waals surface area contributed by atoms with E-state index in [1.807, 2.05) is 18.2 Å². The van der Waals surface area contributed by atoms with E-state index in [0.29, 0.717) is 39.3 Å². The highest BCUT2D eigenvalue weighted by atomic mass is 35.5. The normalized spacial score (nSPS) is 10.9. The third-order valence-electron chi connectivity index (χ3n) is 4.00. The number of ether oxygens (including phenoxy) is 2. The maximum Gasteiger partial charge on any atom is 0.277 e. The summed E-state index contributed by atoms with van der Waals surface area (Å²) in [5.74, 6) is 2.66. The zero-order chi connectivity index (χ0) is 20.2. The van der Waals surface area contributed by atoms with Crippen molar-refractivity contribution < 1.29 is 18.3 Å². The average Bonchev–Trinajstić information content (AvgIpc) is 3.41. The Morgan fingerprint density at radius 3 is 2.59 bits per heavy atom. The first kappa shape index (κ1) is 19.4. The first-order chi connectivity index (χ1) is 14.2. The van der Waals surface area contributed by atoms with Crippen molar-refractivity contribution in [3.05, 3.63) is 59.4 Å². The lowest BCUT2D eigenvalue weighted by Crippen LogP contribution is -1.90. The molecule has 148 valence electrons. The van der Waals surface area contributed by atoms with Crippen molar-refractivity contribution in [3.8, 4) is 34.4 Å². The van der Waals surface area contributed by atoms with Gasteiger partial charge in [-0.1, -0.05) is 29.4 Å². The molecule has 0 fully saturated rings. The van der Waals surface area contributed by atoms with E-state index < -0.39 is 0 Å². The molecule has 0 atom stereocenters. The number of hydrogen-bond donors (Lipinski definition) is 0. The molecule has 2 heterocycles. The van der Waals surface area contributed by atoms with Crippen molar-refractivity contribution in [3.63, 3.8) is 0 Å². The Balaban J connectivity index is 1.44. The van der Waals surface area contributed by atoms with Crippen LogP contribution in [0.1, 0.15) is 5.69 Å². The summed E-state index contributed by atoms with van der Waals surface area (Å²) in [7, 11) is 3.16. The third kappa shape index (κ3) is 4.38. The lowest BCUT2D eigenvalue weighted by Gasteiger charge is -2.07. The summed E-state index contributed by atoms with van der Waals surface area (Å²) in [5.41, 5.74) is 2.32. The van der Waals surface area contributed by atoms with E-state index in [9.17, 15) is 0 Å². The molecule has 0 saturated heterocycles. The lowest BCUT2D eigenvalue weighted by molar-refractivity contribution is 0.355. The number of aromatic nitrogens is 3. The number of benzene rings is 2. The fourth-order valence-corrected chi connectivity index (χ4v) is 3.45. The summed E-state index contributed by atoms with van der Waals surface area (Å²) < 4.78 is 21.8. The van der Waals surface area contributed by atoms with Gasteiger partial charge in [0.1, 0.15) is 6.26 Å². The van der Waals surface area contributed by atoms with Crippen LogP contribution in [-0.2, 0) is 5.75 Å². The van der Waals surface area contributed by atoms with Gasteiger partial charge in [-0.2, -0.15) is 0 Å². The summed E-state index contributed by atoms with van der Waals surface area (Å²) in [4.78, 5) is 4.48. The van der Waals surface area contributed by atoms with Gasteiger partial charge in [-0.25, -0.2) is 4.98 Å². The van der Waals surface area contributed by atoms with Gasteiger partial charge in [0, 0.05) is 21.9 Å². The predicted octanol–water partition coefficient (Wildman–Crippen LogP) is 5.35. The van der Waals surface area contributed by atoms with Gasteiger partial charge in [-0.05, 0) is 36.4 Å². The molecule has 0 unspecified atom stereocenters. The van der Waals surface area contributed by atoms with Crippen LogP contribution in [-0.4, -0.2) is 29.4 Å². The van der Waals surface area contributed by atoms with Crippen LogP contribution in [0.4, 0.5) is 0 Å². The lowest BCUT2D eigenvalue weighted by atomic mass is 10.2. The minimum atomic E-state index is 0.397. The number of oxazole rings is 1. The molecule has 0 aliphatic rings. The molecule has 0 radical (unpaired) electrons. The molecule has 0 N–H and O–H groups in total. The monoisotopic (exact) mass is 429 g/mol. The summed E-state index contributed by atoms with van der Waals surface area (Å²) in [6.45, 7) is 0. The molecule has 2 aromatic carbocycles. The highest BCUT2D eigenvalue weighted by molar-refractivity contribution is 7.98. The first-order valence-electron chi connectivity index (χ1n) is 8.55. The van der Waals surface area contributed by atoms with E-state index in [1.54, 1.807) is 44.7 Å². The van der Waals surface area contributed by atoms with Crippen molar-refractivity contribution in [1.82, 2.24) is 15.2 Å². The van der Waals surface area contributed by atoms with Crippen molar-refractivity contribution >= 4 is 23.4 Å². The molecule has 0 aliphatic carbocycles. The third-order valence-corrected chi connectivity index (χ3v) is 5.09. The van der Waals surface area contributed by atoms with E-state index in [-0.39, 0.29) is 0 Å². The standard InChI is InChI=1S/C20H16ClN3O4S/c1-25-16-7-6-13(9-17(16)26-2)19-23-24-20(28-19)29-11-15-10-27-18(22-15)12-4-3-5-14(21)8-12/h3-10H,11H2,1-2H3. The molecular weight excluding hydrogens is 414 g/mol. The van der Waals surface area contributed by atoms with Crippen LogP contribution in [0.2, 0.25) is 5.02 Å². The molecule has 9 heteroatoms. The van der Waals surface area contributed by atoms with E-state index in [4.69, 9.17) is 29.9 Å². The molecule has 4 aromatic rings. The number of methoxy groups -OCH3 is 2. The predicted molar refractivity (Wildman–Crippen MR) is 109 cm³/mol. The van der Waals surface area contributed by atoms with Crippen LogP contribution >= 0.6 is 23.4 Å². The van der Waals surface area contributed by atoms with Crippen molar-refractivity contribution in [2.45, 2.75) is 11.0 Å². The number of hydrogen-bond acceptors (Lipinski definition) is 8. The van der Waals surface area contributed by atoms with Gasteiger partial charge in [-0.3, -0.25) is 0 Å². The zero-order valence-corrected chi connectivity index (χ0v) is 17.2. The van der Waals surface area contributed by atoms with Gasteiger partial charge in [0.15, 0.2) is 11.5 Å². The number of thioether (sulfide) groups is 1. The van der Waals surface area contributed by atoms with Gasteiger partial charge in [0.2, 0.25) is 11.8 Å². The molecule has 0 spiro atoms. The highest BCUT2D eigenvalue weighted by Crippen LogP contribution is 2.33. The van der Waals surface area contributed by atoms with Crippen LogP contribution in [0.25, 0.3) is 22.9 Å². The SMILES string of the molecule is COc1ccc(-c2nnc(SCc3coc(-c4cccc(Cl)c4)n3)o2)cc1OC. The Morgan fingerprint density at radius 1 is 0.966 bits per heavy atom. The van der Waals surface area contributed by atoms with Crippen molar-refractivity contribution in [2.24, 2.45) is 0 Å². The molecule has 0 saturated carbocycles. The minimum Gasteiger partial charge on any atom is -0.493 e. The Bertz CT molecular complexity index is 1130. The van der Waals surface area contributed by atoms with Crippen LogP contribution in [0.3, 0.4) is 0 Å². The molecule has 2 aromatic heterocycles. The molecule has 0 bridgehead atoms. The van der Waals surface area contributed by atoms with Gasteiger partial charge in [0.05, 0.1) is 19.9 Å². The second-order valence-corrected chi connectivity index (χ2v) is 7.25. The first-order valence-corrected chi connectivity index (χ1v) is 9.91. The summed E-state index contributed by atoms with van der Waals surface area (Å²) >= 11 is 7.39. The fraction of sp³-hybridized carbons (Fsp3) is 0.150. The van der Waals surface area contributed by atoms with Crippen LogP contribution in [0.5, 0.6) is 11.5 Å². The Hall–Kier alpha value is -2.97. The molecule has 4 rings (SSSR count). The second kappa shape index (κ2) is 8.59. The van der Waals surface area contributed by atoms with Crippen LogP contribution < -0.4 is 9.47 Å². The number of nitrogens with zero attached hydrogens (tertiary/aromatic N) is 3. The van der Waals surface area contributed by atoms with Gasteiger partial charge in [0.25, 0.3) is 5.22 Å². The van der Waals surface area contributed by atoms with E-state index in [2.05, 4.69) is 15.2 Å². The Morgan fingerprint density at radius 2 is 1.79 bits per heavy atom. The molecular formula is C20H16ClN3O4S. The molecule has 0 aliphatic heterocycles. The summed E-state index contributed by atoms with van der Waals surface area (Å²) in [6, 6.07) is 12.8. The maximum absolute atomic E-state index is 6.02. The van der Waals surface area contributed by atoms with Gasteiger partial charge < -0.3 is 18.3 Å². The van der Waals surface area contributed by atoms with Crippen molar-refractivity contribution in [2.75, 3.05) is 14.2 Å². The molecule has 29 heavy (non-hydrogen) atoms. The van der Waals surface area contributed by atoms with Gasteiger partial charge in [-0.15, -0.1) is 10.2 Å². The average molecular weight is 430 g/mol. The minimum absolute atomic E-state index is 0.397. The smallest absolute Gasteiger partial charge is 0.277 e. The summed E-state index contributed by atoms with van der Waals surface area (Å²) in [5, 5.41) is 9.24.